The molecule has 0 saturated carbocycles. The highest BCUT2D eigenvalue weighted by atomic mass is 32.2. The lowest BCUT2D eigenvalue weighted by Crippen LogP contribution is -2.42. The van der Waals surface area contributed by atoms with Gasteiger partial charge in [0.05, 0.1) is 17.7 Å². The summed E-state index contributed by atoms with van der Waals surface area (Å²) in [5, 5.41) is 3.36. The molecule has 1 aliphatic heterocycles. The van der Waals surface area contributed by atoms with Gasteiger partial charge in [0.1, 0.15) is 5.75 Å². The number of piperidine rings is 1. The fourth-order valence-electron chi connectivity index (χ4n) is 3.53. The Balaban J connectivity index is 1.40. The summed E-state index contributed by atoms with van der Waals surface area (Å²) in [6.45, 7) is 0.880. The highest BCUT2D eigenvalue weighted by molar-refractivity contribution is 7.89. The first kappa shape index (κ1) is 20.3. The van der Waals surface area contributed by atoms with Crippen molar-refractivity contribution in [1.29, 1.82) is 0 Å². The average molecular weight is 425 g/mol. The number of nitrogens with one attached hydrogen (secondary N) is 1. The van der Waals surface area contributed by atoms with Crippen molar-refractivity contribution >= 4 is 16.0 Å². The summed E-state index contributed by atoms with van der Waals surface area (Å²) in [5.41, 5.74) is 1.88. The lowest BCUT2D eigenvalue weighted by molar-refractivity contribution is 0.329. The first-order chi connectivity index (χ1) is 14.6. The number of methoxy groups -OCH3 is 1. The molecule has 1 aliphatic rings. The number of benzene rings is 2. The van der Waals surface area contributed by atoms with Crippen molar-refractivity contribution in [3.05, 3.63) is 66.9 Å². The maximum Gasteiger partial charge on any atom is 0.243 e. The van der Waals surface area contributed by atoms with Crippen LogP contribution < -0.4 is 10.1 Å². The number of ether oxygens (including phenoxy) is 1. The predicted octanol–water partition coefficient (Wildman–Crippen LogP) is 3.42. The molecule has 1 N–H and O–H groups in total. The Labute approximate surface area is 176 Å². The summed E-state index contributed by atoms with van der Waals surface area (Å²) < 4.78 is 32.6. The van der Waals surface area contributed by atoms with Gasteiger partial charge in [-0.3, -0.25) is 0 Å². The molecule has 0 atom stereocenters. The minimum atomic E-state index is -3.54. The van der Waals surface area contributed by atoms with E-state index in [9.17, 15) is 8.42 Å². The number of rotatable bonds is 6. The summed E-state index contributed by atoms with van der Waals surface area (Å²) in [7, 11) is -2.01. The number of nitrogens with zero attached hydrogens (tertiary/aromatic N) is 3. The van der Waals surface area contributed by atoms with Crippen LogP contribution in [0.15, 0.2) is 71.8 Å². The van der Waals surface area contributed by atoms with Crippen LogP contribution in [0.4, 0.5) is 5.95 Å². The number of hydrogen-bond donors (Lipinski definition) is 1. The van der Waals surface area contributed by atoms with E-state index in [1.54, 1.807) is 30.5 Å². The third-order valence-electron chi connectivity index (χ3n) is 5.19. The molecule has 3 aromatic rings. The molecule has 0 spiro atoms. The van der Waals surface area contributed by atoms with Crippen LogP contribution >= 0.6 is 0 Å². The normalized spacial score (nSPS) is 15.6. The molecule has 0 bridgehead atoms. The molecule has 1 aromatic heterocycles. The molecule has 156 valence electrons. The third kappa shape index (κ3) is 4.44. The van der Waals surface area contributed by atoms with E-state index < -0.39 is 10.0 Å². The monoisotopic (exact) mass is 424 g/mol. The van der Waals surface area contributed by atoms with E-state index in [-0.39, 0.29) is 10.9 Å². The second kappa shape index (κ2) is 8.81. The maximum absolute atomic E-state index is 12.9. The smallest absolute Gasteiger partial charge is 0.243 e. The van der Waals surface area contributed by atoms with E-state index in [0.717, 1.165) is 11.3 Å². The van der Waals surface area contributed by atoms with Gasteiger partial charge >= 0.3 is 0 Å². The summed E-state index contributed by atoms with van der Waals surface area (Å²) in [4.78, 5) is 9.19. The number of hydrogen-bond acceptors (Lipinski definition) is 6. The fourth-order valence-corrected chi connectivity index (χ4v) is 5.04. The van der Waals surface area contributed by atoms with Crippen molar-refractivity contribution < 1.29 is 13.2 Å². The van der Waals surface area contributed by atoms with Crippen LogP contribution in [0.2, 0.25) is 0 Å². The molecule has 0 amide bonds. The van der Waals surface area contributed by atoms with Crippen molar-refractivity contribution in [3.8, 4) is 17.0 Å². The first-order valence-electron chi connectivity index (χ1n) is 9.85. The Bertz CT molecular complexity index is 1100. The van der Waals surface area contributed by atoms with Gasteiger partial charge < -0.3 is 10.1 Å². The molecule has 1 fully saturated rings. The summed E-state index contributed by atoms with van der Waals surface area (Å²) in [5.74, 6) is 1.09. The second-order valence-corrected chi connectivity index (χ2v) is 9.07. The van der Waals surface area contributed by atoms with E-state index >= 15 is 0 Å². The zero-order valence-corrected chi connectivity index (χ0v) is 17.5. The van der Waals surface area contributed by atoms with Crippen molar-refractivity contribution in [1.82, 2.24) is 14.3 Å². The van der Waals surface area contributed by atoms with Crippen molar-refractivity contribution in [3.63, 3.8) is 0 Å². The minimum Gasteiger partial charge on any atom is -0.497 e. The van der Waals surface area contributed by atoms with E-state index in [1.807, 2.05) is 36.4 Å². The highest BCUT2D eigenvalue weighted by Gasteiger charge is 2.29. The molecule has 0 aliphatic carbocycles. The SMILES string of the molecule is COc1cccc(S(=O)(=O)N2CCC(Nc3nccc(-c4ccccc4)n3)CC2)c1. The van der Waals surface area contributed by atoms with Gasteiger partial charge in [-0.1, -0.05) is 36.4 Å². The maximum atomic E-state index is 12.9. The zero-order valence-electron chi connectivity index (χ0n) is 16.7. The molecule has 7 nitrogen and oxygen atoms in total. The Kier molecular flexibility index (Phi) is 5.96. The van der Waals surface area contributed by atoms with E-state index in [0.29, 0.717) is 37.6 Å². The van der Waals surface area contributed by atoms with Crippen LogP contribution in [-0.2, 0) is 10.0 Å². The fraction of sp³-hybridized carbons (Fsp3) is 0.273. The van der Waals surface area contributed by atoms with Gasteiger partial charge in [-0.15, -0.1) is 0 Å². The molecule has 1 saturated heterocycles. The van der Waals surface area contributed by atoms with Gasteiger partial charge in [0.25, 0.3) is 0 Å². The number of sulfonamides is 1. The summed E-state index contributed by atoms with van der Waals surface area (Å²) in [6.07, 6.45) is 3.10. The van der Waals surface area contributed by atoms with Gasteiger partial charge in [-0.25, -0.2) is 18.4 Å². The predicted molar refractivity (Wildman–Crippen MR) is 116 cm³/mol. The van der Waals surface area contributed by atoms with E-state index in [4.69, 9.17) is 4.74 Å². The molecular weight excluding hydrogens is 400 g/mol. The lowest BCUT2D eigenvalue weighted by atomic mass is 10.1. The van der Waals surface area contributed by atoms with Gasteiger partial charge in [-0.2, -0.15) is 4.31 Å². The Morgan fingerprint density at radius 3 is 2.53 bits per heavy atom. The Morgan fingerprint density at radius 1 is 1.03 bits per heavy atom. The van der Waals surface area contributed by atoms with Gasteiger partial charge in [-0.05, 0) is 31.0 Å². The van der Waals surface area contributed by atoms with Crippen molar-refractivity contribution in [2.45, 2.75) is 23.8 Å². The number of aromatic nitrogens is 2. The number of anilines is 1. The molecule has 8 heteroatoms. The topological polar surface area (TPSA) is 84.4 Å². The van der Waals surface area contributed by atoms with Gasteiger partial charge in [0.15, 0.2) is 0 Å². The highest BCUT2D eigenvalue weighted by Crippen LogP contribution is 2.25. The molecule has 2 aromatic carbocycles. The molecule has 2 heterocycles. The average Bonchev–Trinajstić information content (AvgIpc) is 2.80. The van der Waals surface area contributed by atoms with E-state index in [2.05, 4.69) is 15.3 Å². The standard InChI is InChI=1S/C22H24N4O3S/c1-29-19-8-5-9-20(16-19)30(27,28)26-14-11-18(12-15-26)24-22-23-13-10-21(25-22)17-6-3-2-4-7-17/h2-10,13,16,18H,11-12,14-15H2,1H3,(H,23,24,25). The lowest BCUT2D eigenvalue weighted by Gasteiger charge is -2.31. The molecule has 30 heavy (non-hydrogen) atoms. The van der Waals surface area contributed by atoms with Crippen LogP contribution in [0.3, 0.4) is 0 Å². The largest absolute Gasteiger partial charge is 0.497 e. The van der Waals surface area contributed by atoms with Crippen LogP contribution in [0.1, 0.15) is 12.8 Å². The first-order valence-corrected chi connectivity index (χ1v) is 11.3. The van der Waals surface area contributed by atoms with E-state index in [1.165, 1.54) is 11.4 Å². The van der Waals surface area contributed by atoms with Crippen LogP contribution in [0.5, 0.6) is 5.75 Å². The van der Waals surface area contributed by atoms with Gasteiger partial charge in [0.2, 0.25) is 16.0 Å². The molecule has 4 rings (SSSR count). The summed E-state index contributed by atoms with van der Waals surface area (Å²) >= 11 is 0. The van der Waals surface area contributed by atoms with Crippen molar-refractivity contribution in [2.75, 3.05) is 25.5 Å². The minimum absolute atomic E-state index is 0.118. The summed E-state index contributed by atoms with van der Waals surface area (Å²) in [6, 6.07) is 18.5. The zero-order chi connectivity index (χ0) is 21.0. The quantitative estimate of drug-likeness (QED) is 0.653. The van der Waals surface area contributed by atoms with Crippen LogP contribution in [0, 0.1) is 0 Å². The van der Waals surface area contributed by atoms with Crippen molar-refractivity contribution in [2.24, 2.45) is 0 Å². The molecule has 0 unspecified atom stereocenters. The molecular formula is C22H24N4O3S. The van der Waals surface area contributed by atoms with Crippen LogP contribution in [-0.4, -0.2) is 48.9 Å². The van der Waals surface area contributed by atoms with Gasteiger partial charge in [0, 0.05) is 37.0 Å². The third-order valence-corrected chi connectivity index (χ3v) is 7.09. The molecule has 0 radical (unpaired) electrons. The Hall–Kier alpha value is -2.97. The second-order valence-electron chi connectivity index (χ2n) is 7.13. The Morgan fingerprint density at radius 2 is 1.80 bits per heavy atom. The van der Waals surface area contributed by atoms with Crippen LogP contribution in [0.25, 0.3) is 11.3 Å².